The molecule has 0 amide bonds. The van der Waals surface area contributed by atoms with E-state index in [4.69, 9.17) is 73.3 Å². The number of hydrogen-bond donors (Lipinski definition) is 7. The molecule has 7 heterocycles. The van der Waals surface area contributed by atoms with Crippen molar-refractivity contribution in [1.82, 2.24) is 34.3 Å². The van der Waals surface area contributed by atoms with Crippen LogP contribution in [0.2, 0.25) is 0 Å². The van der Waals surface area contributed by atoms with Gasteiger partial charge in [0.05, 0.1) is 46.2 Å². The molecule has 0 unspecified atom stereocenters. The predicted octanol–water partition coefficient (Wildman–Crippen LogP) is 8.98. The molecule has 0 radical (unpaired) electrons. The number of benzene rings is 7. The molecular formula is C92H133F9N14O7. The normalized spacial score (nSPS) is 25.0. The van der Waals surface area contributed by atoms with Gasteiger partial charge in [0.15, 0.2) is 11.6 Å². The van der Waals surface area contributed by atoms with Crippen LogP contribution < -0.4 is 40.1 Å². The Hall–Kier alpha value is -6.93. The zero-order valence-corrected chi connectivity index (χ0v) is 72.2. The Morgan fingerprint density at radius 3 is 0.918 bits per heavy atom. The number of ether oxygens (including phenoxy) is 7. The highest BCUT2D eigenvalue weighted by atomic mass is 19.2. The van der Waals surface area contributed by atoms with Crippen LogP contribution in [-0.2, 0) is 33.2 Å². The molecule has 30 heteroatoms. The molecule has 7 aromatic rings. The predicted molar refractivity (Wildman–Crippen MR) is 463 cm³/mol. The first-order valence-corrected chi connectivity index (χ1v) is 42.1. The lowest BCUT2D eigenvalue weighted by atomic mass is 9.94. The number of methoxy groups -OCH3 is 7. The SMILES string of the molecule is COCCN1C[C@@H](N)[C@H](c2cc(F)cc(F)c2)C1.COCCN1C[C@@H](N)[C@H](c2cc(F)ccc2F)C1.COCCN1C[C@@H](N)[C@H](c2ccc(F)c(F)c2)C1.COCCN1C[C@@H](N)[C@H](c2ccc(F)cc2F)C1.COCCN1C[C@@H](N)[C@H](c2cccc(C)c2)C1.COCCN1C[C@@H](N)[C@H](c2cccc(F)c2)C1.COCCN1C[C@@H](N)[C@H](c2ccccc2)C1. The zero-order valence-electron chi connectivity index (χ0n) is 72.2. The molecule has 0 saturated carbocycles. The summed E-state index contributed by atoms with van der Waals surface area (Å²) in [7, 11) is 11.8. The summed E-state index contributed by atoms with van der Waals surface area (Å²) in [5, 5.41) is 0. The molecule has 7 saturated heterocycles. The molecule has 7 aromatic carbocycles. The fourth-order valence-electron chi connectivity index (χ4n) is 17.1. The summed E-state index contributed by atoms with van der Waals surface area (Å²) in [6, 6.07) is 41.0. The molecule has 0 aromatic heterocycles. The largest absolute Gasteiger partial charge is 0.383 e. The Labute approximate surface area is 716 Å². The summed E-state index contributed by atoms with van der Waals surface area (Å²) in [6.07, 6.45) is 0. The molecule has 0 aliphatic carbocycles. The van der Waals surface area contributed by atoms with Crippen molar-refractivity contribution in [2.24, 2.45) is 40.1 Å². The van der Waals surface area contributed by atoms with Crippen molar-refractivity contribution in [2.75, 3.05) is 233 Å². The Morgan fingerprint density at radius 1 is 0.238 bits per heavy atom. The van der Waals surface area contributed by atoms with Crippen LogP contribution in [0.4, 0.5) is 39.5 Å². The topological polar surface area (TPSA) is 269 Å². The van der Waals surface area contributed by atoms with Crippen LogP contribution in [0.25, 0.3) is 0 Å². The number of nitrogens with zero attached hydrogens (tertiary/aromatic N) is 7. The van der Waals surface area contributed by atoms with Crippen LogP contribution in [0.3, 0.4) is 0 Å². The number of hydrogen-bond acceptors (Lipinski definition) is 21. The maximum Gasteiger partial charge on any atom is 0.159 e. The monoisotopic (exact) mass is 1720 g/mol. The second kappa shape index (κ2) is 52.2. The van der Waals surface area contributed by atoms with E-state index < -0.39 is 40.7 Å². The van der Waals surface area contributed by atoms with Crippen molar-refractivity contribution in [1.29, 1.82) is 0 Å². The van der Waals surface area contributed by atoms with E-state index in [1.54, 1.807) is 68.0 Å². The summed E-state index contributed by atoms with van der Waals surface area (Å²) in [6.45, 7) is 24.4. The maximum absolute atomic E-state index is 13.7. The van der Waals surface area contributed by atoms with Gasteiger partial charge in [0, 0.05) is 283 Å². The van der Waals surface area contributed by atoms with E-state index in [1.807, 2.05) is 12.1 Å². The average molecular weight is 1720 g/mol. The van der Waals surface area contributed by atoms with Gasteiger partial charge >= 0.3 is 0 Å². The molecule has 14 rings (SSSR count). The highest BCUT2D eigenvalue weighted by Gasteiger charge is 2.38. The van der Waals surface area contributed by atoms with Crippen LogP contribution >= 0.6 is 0 Å². The van der Waals surface area contributed by atoms with Crippen molar-refractivity contribution < 1.29 is 72.7 Å². The van der Waals surface area contributed by atoms with Gasteiger partial charge < -0.3 is 73.3 Å². The minimum Gasteiger partial charge on any atom is -0.383 e. The summed E-state index contributed by atoms with van der Waals surface area (Å²) in [5.41, 5.74) is 50.0. The van der Waals surface area contributed by atoms with Crippen molar-refractivity contribution in [3.63, 3.8) is 0 Å². The number of rotatable bonds is 28. The van der Waals surface area contributed by atoms with Gasteiger partial charge in [-0.3, -0.25) is 34.3 Å². The van der Waals surface area contributed by atoms with Gasteiger partial charge in [-0.25, -0.2) is 39.5 Å². The number of nitrogens with two attached hydrogens (primary N) is 7. The van der Waals surface area contributed by atoms with Crippen molar-refractivity contribution in [3.05, 3.63) is 249 Å². The Balaban J connectivity index is 0.000000177. The van der Waals surface area contributed by atoms with Gasteiger partial charge in [-0.1, -0.05) is 84.4 Å². The second-order valence-electron chi connectivity index (χ2n) is 32.7. The Kier molecular flexibility index (Phi) is 43.0. The lowest BCUT2D eigenvalue weighted by Crippen LogP contribution is -2.30. The molecule has 0 spiro atoms. The average Bonchev–Trinajstić information content (AvgIpc) is 1.66. The first kappa shape index (κ1) is 100. The standard InChI is InChI=1S/C14H22N2O.4C13H18F2N2O.C13H19FN2O.C13H20N2O/c1-11-4-3-5-12(8-11)13-9-16(6-7-17-2)10-14(13)15;1-18-3-2-17-7-12(13(16)8-17)9-4-10(14)6-11(15)5-9;1-18-5-4-17-7-10(13(16)8-17)9-2-3-11(14)12(15)6-9;1-18-5-4-17-7-11(13(16)8-17)10-6-9(14)2-3-12(10)15;1-18-5-4-17-7-11(13(16)8-17)10-3-2-9(14)6-12(10)15;1-17-6-5-16-8-12(13(15)9-16)10-3-2-4-11(14)7-10;1-16-8-7-15-9-12(13(14)10-15)11-5-3-2-4-6-11/h3-5,8,13-14H,6-7,9-10,15H2,1-2H3;4-6,12-13H,2-3,7-8,16H2,1H3;2-3,6,10,13H,4-5,7-8,16H2,1H3;2*2-3,6,11,13H,4-5,7-8,16H2,1H3;2-4,7,12-13H,5-6,8-9,15H2,1H3;2-6,12-13H,7-10,14H2,1H3/t13-,14+;12-,13+;10-,13+;2*11-,13+;2*12-,13+/m0000000/s1. The van der Waals surface area contributed by atoms with Gasteiger partial charge in [-0.15, -0.1) is 0 Å². The molecule has 21 nitrogen and oxygen atoms in total. The molecule has 676 valence electrons. The highest BCUT2D eigenvalue weighted by molar-refractivity contribution is 5.32. The number of likely N-dealkylation sites (tertiary alicyclic amines) is 7. The van der Waals surface area contributed by atoms with Crippen LogP contribution in [0.5, 0.6) is 0 Å². The highest BCUT2D eigenvalue weighted by Crippen LogP contribution is 2.35. The Morgan fingerprint density at radius 2 is 0.541 bits per heavy atom. The van der Waals surface area contributed by atoms with Crippen LogP contribution in [0, 0.1) is 59.3 Å². The fraction of sp³-hybridized carbons (Fsp3) is 0.543. The van der Waals surface area contributed by atoms with E-state index in [0.29, 0.717) is 94.3 Å². The van der Waals surface area contributed by atoms with Gasteiger partial charge in [0.2, 0.25) is 0 Å². The summed E-state index contributed by atoms with van der Waals surface area (Å²) >= 11 is 0. The molecule has 0 bridgehead atoms. The van der Waals surface area contributed by atoms with Crippen LogP contribution in [-0.4, -0.2) is 310 Å². The Bertz CT molecular complexity index is 4080. The second-order valence-corrected chi connectivity index (χ2v) is 32.7. The first-order chi connectivity index (χ1) is 58.7. The lowest BCUT2D eigenvalue weighted by molar-refractivity contribution is 0.159. The van der Waals surface area contributed by atoms with Crippen LogP contribution in [0.15, 0.2) is 152 Å². The third-order valence-electron chi connectivity index (χ3n) is 23.7. The zero-order chi connectivity index (χ0) is 88.4. The van der Waals surface area contributed by atoms with E-state index in [1.165, 1.54) is 59.2 Å². The minimum absolute atomic E-state index is 0.0212. The molecule has 122 heavy (non-hydrogen) atoms. The summed E-state index contributed by atoms with van der Waals surface area (Å²) in [4.78, 5) is 15.6. The van der Waals surface area contributed by atoms with Gasteiger partial charge in [-0.2, -0.15) is 0 Å². The molecule has 7 aliphatic heterocycles. The van der Waals surface area contributed by atoms with Gasteiger partial charge in [0.1, 0.15) is 40.7 Å². The van der Waals surface area contributed by atoms with Gasteiger partial charge in [0.25, 0.3) is 0 Å². The molecule has 7 aliphatic rings. The molecule has 7 fully saturated rings. The summed E-state index contributed by atoms with van der Waals surface area (Å²) < 4.78 is 154. The van der Waals surface area contributed by atoms with E-state index in [2.05, 4.69) is 89.8 Å². The third-order valence-corrected chi connectivity index (χ3v) is 23.7. The van der Waals surface area contributed by atoms with E-state index >= 15 is 0 Å². The molecule has 14 N–H and O–H groups in total. The quantitative estimate of drug-likeness (QED) is 0.0225. The van der Waals surface area contributed by atoms with Crippen molar-refractivity contribution in [3.8, 4) is 0 Å². The van der Waals surface area contributed by atoms with E-state index in [0.717, 1.165) is 159 Å². The van der Waals surface area contributed by atoms with Crippen molar-refractivity contribution >= 4 is 0 Å². The maximum atomic E-state index is 13.7. The number of aryl methyl sites for hydroxylation is 1. The fourth-order valence-corrected chi connectivity index (χ4v) is 17.1. The van der Waals surface area contributed by atoms with Crippen LogP contribution in [0.1, 0.15) is 85.9 Å². The van der Waals surface area contributed by atoms with E-state index in [9.17, 15) is 39.5 Å². The van der Waals surface area contributed by atoms with Crippen molar-refractivity contribution in [2.45, 2.75) is 90.6 Å². The lowest BCUT2D eigenvalue weighted by Gasteiger charge is -2.16. The smallest absolute Gasteiger partial charge is 0.159 e. The molecule has 14 atom stereocenters. The van der Waals surface area contributed by atoms with E-state index in [-0.39, 0.29) is 83.5 Å². The molecular weight excluding hydrogens is 1580 g/mol. The summed E-state index contributed by atoms with van der Waals surface area (Å²) in [5.74, 6) is -3.83. The number of halogens is 9. The van der Waals surface area contributed by atoms with Gasteiger partial charge in [-0.05, 0) is 107 Å². The minimum atomic E-state index is -0.818. The first-order valence-electron chi connectivity index (χ1n) is 42.1. The third kappa shape index (κ3) is 31.6.